The molecule has 0 aromatic carbocycles. The molecule has 1 aromatic rings. The number of pyridine rings is 1. The maximum atomic E-state index is 5.87. The predicted octanol–water partition coefficient (Wildman–Crippen LogP) is 0.503. The van der Waals surface area contributed by atoms with Crippen molar-refractivity contribution in [3.05, 3.63) is 17.8 Å². The van der Waals surface area contributed by atoms with Crippen LogP contribution in [0.4, 0.5) is 11.5 Å². The van der Waals surface area contributed by atoms with Gasteiger partial charge in [0.1, 0.15) is 5.82 Å². The summed E-state index contributed by atoms with van der Waals surface area (Å²) in [7, 11) is 4.10. The van der Waals surface area contributed by atoms with Crippen LogP contribution in [-0.2, 0) is 6.54 Å². The van der Waals surface area contributed by atoms with Gasteiger partial charge in [-0.3, -0.25) is 4.90 Å². The molecule has 0 bridgehead atoms. The molecule has 0 amide bonds. The van der Waals surface area contributed by atoms with Crippen molar-refractivity contribution in [3.8, 4) is 0 Å². The Morgan fingerprint density at radius 3 is 3.00 bits per heavy atom. The standard InChI is InChI=1S/C9H14N4/c1-12-5-7-8(10)3-4-11-9(7)13(2)6-12/h3-4H,5-6H2,1-2H3,(H2,10,11). The second kappa shape index (κ2) is 2.88. The Balaban J connectivity index is 2.49. The van der Waals surface area contributed by atoms with Gasteiger partial charge in [0.05, 0.1) is 6.67 Å². The highest BCUT2D eigenvalue weighted by molar-refractivity contribution is 5.60. The van der Waals surface area contributed by atoms with E-state index in [-0.39, 0.29) is 0 Å². The summed E-state index contributed by atoms with van der Waals surface area (Å²) in [5.41, 5.74) is 7.85. The molecule has 1 aliphatic heterocycles. The SMILES string of the molecule is CN1Cc2c(N)ccnc2N(C)C1. The summed E-state index contributed by atoms with van der Waals surface area (Å²) in [6, 6.07) is 1.85. The number of anilines is 2. The molecule has 0 saturated heterocycles. The highest BCUT2D eigenvalue weighted by Crippen LogP contribution is 2.27. The second-order valence-corrected chi connectivity index (χ2v) is 3.56. The number of fused-ring (bicyclic) bond motifs is 1. The number of rotatable bonds is 0. The number of nitrogens with zero attached hydrogens (tertiary/aromatic N) is 3. The fourth-order valence-electron chi connectivity index (χ4n) is 1.74. The molecule has 0 fully saturated rings. The van der Waals surface area contributed by atoms with Gasteiger partial charge in [0.2, 0.25) is 0 Å². The van der Waals surface area contributed by atoms with Crippen LogP contribution in [0.5, 0.6) is 0 Å². The van der Waals surface area contributed by atoms with E-state index in [2.05, 4.69) is 21.8 Å². The Morgan fingerprint density at radius 2 is 2.23 bits per heavy atom. The van der Waals surface area contributed by atoms with Crippen molar-refractivity contribution in [3.63, 3.8) is 0 Å². The van der Waals surface area contributed by atoms with E-state index in [0.717, 1.165) is 30.3 Å². The Bertz CT molecular complexity index is 323. The van der Waals surface area contributed by atoms with Gasteiger partial charge in [0.25, 0.3) is 0 Å². The Labute approximate surface area is 78.0 Å². The van der Waals surface area contributed by atoms with Crippen LogP contribution in [0, 0.1) is 0 Å². The molecule has 4 nitrogen and oxygen atoms in total. The molecular formula is C9H14N4. The van der Waals surface area contributed by atoms with Gasteiger partial charge in [-0.15, -0.1) is 0 Å². The zero-order valence-corrected chi connectivity index (χ0v) is 7.99. The maximum absolute atomic E-state index is 5.87. The van der Waals surface area contributed by atoms with Crippen molar-refractivity contribution in [1.82, 2.24) is 9.88 Å². The molecule has 0 radical (unpaired) electrons. The zero-order valence-electron chi connectivity index (χ0n) is 7.99. The van der Waals surface area contributed by atoms with Gasteiger partial charge >= 0.3 is 0 Å². The molecule has 13 heavy (non-hydrogen) atoms. The normalized spacial score (nSPS) is 17.2. The molecule has 1 aromatic heterocycles. The van der Waals surface area contributed by atoms with Crippen LogP contribution in [0.2, 0.25) is 0 Å². The van der Waals surface area contributed by atoms with Crippen LogP contribution in [0.25, 0.3) is 0 Å². The first kappa shape index (κ1) is 8.31. The number of nitrogens with two attached hydrogens (primary N) is 1. The molecule has 0 saturated carbocycles. The number of nitrogen functional groups attached to an aromatic ring is 1. The summed E-state index contributed by atoms with van der Waals surface area (Å²) in [5.74, 6) is 1.01. The van der Waals surface area contributed by atoms with E-state index in [0.29, 0.717) is 0 Å². The topological polar surface area (TPSA) is 45.4 Å². The van der Waals surface area contributed by atoms with Gasteiger partial charge in [-0.05, 0) is 13.1 Å². The monoisotopic (exact) mass is 178 g/mol. The van der Waals surface area contributed by atoms with Crippen molar-refractivity contribution in [2.24, 2.45) is 0 Å². The molecule has 2 N–H and O–H groups in total. The van der Waals surface area contributed by atoms with Crippen molar-refractivity contribution in [2.75, 3.05) is 31.4 Å². The molecule has 4 heteroatoms. The minimum Gasteiger partial charge on any atom is -0.398 e. The first-order chi connectivity index (χ1) is 6.18. The van der Waals surface area contributed by atoms with Gasteiger partial charge in [0, 0.05) is 31.0 Å². The zero-order chi connectivity index (χ0) is 9.42. The van der Waals surface area contributed by atoms with Crippen LogP contribution in [-0.4, -0.2) is 30.6 Å². The first-order valence-electron chi connectivity index (χ1n) is 4.31. The summed E-state index contributed by atoms with van der Waals surface area (Å²) in [6.07, 6.45) is 1.76. The van der Waals surface area contributed by atoms with E-state index < -0.39 is 0 Å². The van der Waals surface area contributed by atoms with E-state index in [9.17, 15) is 0 Å². The quantitative estimate of drug-likeness (QED) is 0.628. The molecule has 70 valence electrons. The summed E-state index contributed by atoms with van der Waals surface area (Å²) in [6.45, 7) is 1.79. The third-order valence-electron chi connectivity index (χ3n) is 2.31. The number of hydrogen-bond donors (Lipinski definition) is 1. The van der Waals surface area contributed by atoms with E-state index in [4.69, 9.17) is 5.73 Å². The molecule has 0 spiro atoms. The lowest BCUT2D eigenvalue weighted by Gasteiger charge is -2.33. The van der Waals surface area contributed by atoms with Crippen molar-refractivity contribution in [2.45, 2.75) is 6.54 Å². The summed E-state index contributed by atoms with van der Waals surface area (Å²) >= 11 is 0. The van der Waals surface area contributed by atoms with Crippen LogP contribution < -0.4 is 10.6 Å². The van der Waals surface area contributed by atoms with Crippen molar-refractivity contribution < 1.29 is 0 Å². The average Bonchev–Trinajstić information content (AvgIpc) is 2.07. The van der Waals surface area contributed by atoms with Crippen LogP contribution in [0.3, 0.4) is 0 Å². The molecule has 0 atom stereocenters. The highest BCUT2D eigenvalue weighted by atomic mass is 15.3. The van der Waals surface area contributed by atoms with Crippen LogP contribution >= 0.6 is 0 Å². The van der Waals surface area contributed by atoms with Crippen molar-refractivity contribution in [1.29, 1.82) is 0 Å². The molecule has 0 aliphatic carbocycles. The number of hydrogen-bond acceptors (Lipinski definition) is 4. The third kappa shape index (κ3) is 1.33. The molecule has 1 aliphatic rings. The second-order valence-electron chi connectivity index (χ2n) is 3.56. The summed E-state index contributed by atoms with van der Waals surface area (Å²) in [4.78, 5) is 8.63. The largest absolute Gasteiger partial charge is 0.398 e. The predicted molar refractivity (Wildman–Crippen MR) is 53.4 cm³/mol. The first-order valence-corrected chi connectivity index (χ1v) is 4.31. The molecule has 2 heterocycles. The van der Waals surface area contributed by atoms with Crippen LogP contribution in [0.1, 0.15) is 5.56 Å². The minimum atomic E-state index is 0.836. The van der Waals surface area contributed by atoms with Gasteiger partial charge < -0.3 is 10.6 Å². The van der Waals surface area contributed by atoms with Gasteiger partial charge in [0.15, 0.2) is 0 Å². The Kier molecular flexibility index (Phi) is 1.84. The average molecular weight is 178 g/mol. The van der Waals surface area contributed by atoms with Gasteiger partial charge in [-0.1, -0.05) is 0 Å². The molecular weight excluding hydrogens is 164 g/mol. The van der Waals surface area contributed by atoms with E-state index in [1.165, 1.54) is 0 Å². The fourth-order valence-corrected chi connectivity index (χ4v) is 1.74. The summed E-state index contributed by atoms with van der Waals surface area (Å²) < 4.78 is 0. The van der Waals surface area contributed by atoms with Crippen molar-refractivity contribution >= 4 is 11.5 Å². The number of aromatic nitrogens is 1. The maximum Gasteiger partial charge on any atom is 0.135 e. The summed E-state index contributed by atoms with van der Waals surface area (Å²) in [5, 5.41) is 0. The minimum absolute atomic E-state index is 0.836. The highest BCUT2D eigenvalue weighted by Gasteiger charge is 2.19. The van der Waals surface area contributed by atoms with Gasteiger partial charge in [-0.2, -0.15) is 0 Å². The lowest BCUT2D eigenvalue weighted by molar-refractivity contribution is 0.314. The van der Waals surface area contributed by atoms with Crippen LogP contribution in [0.15, 0.2) is 12.3 Å². The Morgan fingerprint density at radius 1 is 1.46 bits per heavy atom. The third-order valence-corrected chi connectivity index (χ3v) is 2.31. The lowest BCUT2D eigenvalue weighted by Crippen LogP contribution is -2.38. The molecule has 2 rings (SSSR count). The fraction of sp³-hybridized carbons (Fsp3) is 0.444. The van der Waals surface area contributed by atoms with E-state index in [1.807, 2.05) is 13.1 Å². The van der Waals surface area contributed by atoms with Gasteiger partial charge in [-0.25, -0.2) is 4.98 Å². The lowest BCUT2D eigenvalue weighted by atomic mass is 10.1. The Hall–Kier alpha value is -1.29. The molecule has 0 unspecified atom stereocenters. The van der Waals surface area contributed by atoms with E-state index >= 15 is 0 Å². The van der Waals surface area contributed by atoms with E-state index in [1.54, 1.807) is 6.20 Å². The smallest absolute Gasteiger partial charge is 0.135 e.